The van der Waals surface area contributed by atoms with Crippen LogP contribution in [0, 0.1) is 0 Å². The van der Waals surface area contributed by atoms with E-state index >= 15 is 0 Å². The van der Waals surface area contributed by atoms with Crippen LogP contribution in [0.3, 0.4) is 0 Å². The average molecular weight is 531 g/mol. The number of nitrogens with zero attached hydrogens (tertiary/aromatic N) is 6. The molecule has 5 heterocycles. The quantitative estimate of drug-likeness (QED) is 0.241. The molecule has 0 unspecified atom stereocenters. The summed E-state index contributed by atoms with van der Waals surface area (Å²) < 4.78 is 0. The van der Waals surface area contributed by atoms with Gasteiger partial charge in [0.1, 0.15) is 22.6 Å². The van der Waals surface area contributed by atoms with E-state index < -0.39 is 0 Å². The molecule has 8 heteroatoms. The summed E-state index contributed by atoms with van der Waals surface area (Å²) in [5.41, 5.74) is 7.92. The minimum absolute atomic E-state index is 0.564. The van der Waals surface area contributed by atoms with Crippen molar-refractivity contribution < 1.29 is 0 Å². The summed E-state index contributed by atoms with van der Waals surface area (Å²) in [5, 5.41) is 1.89. The van der Waals surface area contributed by atoms with Crippen LogP contribution in [-0.2, 0) is 0 Å². The van der Waals surface area contributed by atoms with E-state index in [0.717, 1.165) is 44.2 Å². The Bertz CT molecular complexity index is 2250. The highest BCUT2D eigenvalue weighted by Gasteiger charge is 2.22. The molecule has 2 aliphatic rings. The van der Waals surface area contributed by atoms with Gasteiger partial charge in [-0.1, -0.05) is 97.6 Å². The molecule has 0 fully saturated rings. The number of hydrogen-bond acceptors (Lipinski definition) is 6. The normalized spacial score (nSPS) is 12.0. The molecule has 8 rings (SSSR count). The first kappa shape index (κ1) is 23.2. The molecule has 8 bridgehead atoms. The Labute approximate surface area is 234 Å². The largest absolute Gasteiger partial charge is 0.324 e. The van der Waals surface area contributed by atoms with E-state index in [2.05, 4.69) is 16.5 Å². The fourth-order valence-electron chi connectivity index (χ4n) is 5.49. The Hall–Kier alpha value is -5.76. The number of nitrogens with one attached hydrogen (secondary N) is 2. The Morgan fingerprint density at radius 3 is 1.34 bits per heavy atom. The standard InChI is InChI=1S/C33H22N8/c1-3-11-19-18(4-2)26-34-27(19)36-29-22-14-7-8-15-23(22)31(38-29)40-33-25-17-10-9-16-24(25)32(41-33)39-30-21-13-6-5-12-20(21)28(35-26)37-30/h3-17H,2H2,1H3,(H2,34,35,36,37,38,39,40,41)/b11-3-. The summed E-state index contributed by atoms with van der Waals surface area (Å²) in [6.45, 7) is 6.05. The first-order valence-electron chi connectivity index (χ1n) is 13.3. The average Bonchev–Trinajstić information content (AvgIpc) is 3.72. The van der Waals surface area contributed by atoms with Crippen molar-refractivity contribution >= 4 is 45.5 Å². The second kappa shape index (κ2) is 8.89. The van der Waals surface area contributed by atoms with Crippen LogP contribution >= 0.6 is 0 Å². The number of aromatic amines is 2. The van der Waals surface area contributed by atoms with Crippen LogP contribution in [-0.4, -0.2) is 39.9 Å². The third-order valence-electron chi connectivity index (χ3n) is 7.36. The van der Waals surface area contributed by atoms with E-state index in [4.69, 9.17) is 29.9 Å². The molecule has 0 atom stereocenters. The van der Waals surface area contributed by atoms with Gasteiger partial charge in [0.15, 0.2) is 23.3 Å². The molecular weight excluding hydrogens is 508 g/mol. The number of benzene rings is 3. The van der Waals surface area contributed by atoms with Gasteiger partial charge in [-0.05, 0) is 6.92 Å². The minimum atomic E-state index is 0.564. The second-order valence-electron chi connectivity index (χ2n) is 9.78. The van der Waals surface area contributed by atoms with Crippen molar-refractivity contribution in [2.75, 3.05) is 0 Å². The number of hydrogen-bond donors (Lipinski definition) is 2. The lowest BCUT2D eigenvalue weighted by molar-refractivity contribution is 1.19. The van der Waals surface area contributed by atoms with Crippen molar-refractivity contribution in [3.8, 4) is 45.6 Å². The Balaban J connectivity index is 1.60. The molecule has 8 nitrogen and oxygen atoms in total. The molecule has 0 saturated carbocycles. The fraction of sp³-hybridized carbons (Fsp3) is 0.0303. The zero-order chi connectivity index (χ0) is 27.5. The van der Waals surface area contributed by atoms with E-state index in [-0.39, 0.29) is 0 Å². The van der Waals surface area contributed by atoms with Gasteiger partial charge in [-0.3, -0.25) is 0 Å². The molecule has 3 aromatic carbocycles. The smallest absolute Gasteiger partial charge is 0.164 e. The van der Waals surface area contributed by atoms with E-state index in [1.807, 2.05) is 91.9 Å². The van der Waals surface area contributed by atoms with Gasteiger partial charge in [-0.2, -0.15) is 0 Å². The number of fused-ring (bicyclic) bond motifs is 17. The third-order valence-corrected chi connectivity index (χ3v) is 7.36. The summed E-state index contributed by atoms with van der Waals surface area (Å²) >= 11 is 0. The van der Waals surface area contributed by atoms with Gasteiger partial charge in [0, 0.05) is 44.2 Å². The predicted octanol–water partition coefficient (Wildman–Crippen LogP) is 7.39. The molecule has 6 aromatic rings. The van der Waals surface area contributed by atoms with Crippen molar-refractivity contribution in [1.29, 1.82) is 0 Å². The molecule has 3 aromatic heterocycles. The van der Waals surface area contributed by atoms with Crippen LogP contribution < -0.4 is 0 Å². The minimum Gasteiger partial charge on any atom is -0.324 e. The zero-order valence-corrected chi connectivity index (χ0v) is 22.1. The topological polar surface area (TPSA) is 109 Å². The van der Waals surface area contributed by atoms with E-state index in [1.54, 1.807) is 6.08 Å². The highest BCUT2D eigenvalue weighted by atomic mass is 15.1. The molecule has 0 spiro atoms. The van der Waals surface area contributed by atoms with Gasteiger partial charge in [-0.15, -0.1) is 0 Å². The molecule has 0 saturated heterocycles. The summed E-state index contributed by atoms with van der Waals surface area (Å²) in [7, 11) is 0. The van der Waals surface area contributed by atoms with Crippen LogP contribution in [0.15, 0.2) is 85.5 Å². The molecule has 0 aliphatic carbocycles. The molecular formula is C33H22N8. The predicted molar refractivity (Wildman–Crippen MR) is 163 cm³/mol. The van der Waals surface area contributed by atoms with E-state index in [9.17, 15) is 0 Å². The lowest BCUT2D eigenvalue weighted by Gasteiger charge is -1.96. The van der Waals surface area contributed by atoms with Crippen molar-refractivity contribution in [2.24, 2.45) is 0 Å². The summed E-state index contributed by atoms with van der Waals surface area (Å²) in [6, 6.07) is 24.0. The fourth-order valence-corrected chi connectivity index (χ4v) is 5.49. The molecule has 0 amide bonds. The summed E-state index contributed by atoms with van der Waals surface area (Å²) in [6.07, 6.45) is 5.76. The number of H-pyrrole nitrogens is 2. The van der Waals surface area contributed by atoms with Crippen molar-refractivity contribution in [3.63, 3.8) is 0 Å². The van der Waals surface area contributed by atoms with E-state index in [1.165, 1.54) is 0 Å². The van der Waals surface area contributed by atoms with Gasteiger partial charge in [0.25, 0.3) is 0 Å². The third kappa shape index (κ3) is 3.54. The first-order valence-corrected chi connectivity index (χ1v) is 13.3. The Morgan fingerprint density at radius 1 is 0.512 bits per heavy atom. The number of allylic oxidation sites excluding steroid dienone is 1. The second-order valence-corrected chi connectivity index (χ2v) is 9.78. The Morgan fingerprint density at radius 2 is 0.902 bits per heavy atom. The van der Waals surface area contributed by atoms with Crippen LogP contribution in [0.4, 0.5) is 0 Å². The highest BCUT2D eigenvalue weighted by Crippen LogP contribution is 2.36. The first-order chi connectivity index (χ1) is 20.2. The maximum atomic E-state index is 5.02. The molecule has 194 valence electrons. The van der Waals surface area contributed by atoms with Crippen LogP contribution in [0.2, 0.25) is 0 Å². The Kier molecular flexibility index (Phi) is 5.02. The highest BCUT2D eigenvalue weighted by molar-refractivity contribution is 6.05. The maximum absolute atomic E-state index is 5.02. The van der Waals surface area contributed by atoms with Gasteiger partial charge >= 0.3 is 0 Å². The molecule has 2 aliphatic heterocycles. The van der Waals surface area contributed by atoms with Crippen molar-refractivity contribution in [1.82, 2.24) is 39.9 Å². The lowest BCUT2D eigenvalue weighted by Crippen LogP contribution is -1.83. The monoisotopic (exact) mass is 530 g/mol. The summed E-state index contributed by atoms with van der Waals surface area (Å²) in [5.74, 6) is 2.29. The van der Waals surface area contributed by atoms with Crippen molar-refractivity contribution in [3.05, 3.63) is 96.6 Å². The van der Waals surface area contributed by atoms with Crippen molar-refractivity contribution in [2.45, 2.75) is 6.92 Å². The van der Waals surface area contributed by atoms with Gasteiger partial charge in [0.05, 0.1) is 0 Å². The SMILES string of the molecule is C=Cc1c(/C=C\C)c2nc3nc(nc4[nH]c(nc5nc(nc1[nH]2)-c1ccccc1-5)c1ccccc41)-c1ccccc1-3. The van der Waals surface area contributed by atoms with Crippen LogP contribution in [0.1, 0.15) is 18.1 Å². The maximum Gasteiger partial charge on any atom is 0.164 e. The van der Waals surface area contributed by atoms with Gasteiger partial charge in [-0.25, -0.2) is 29.9 Å². The number of aromatic nitrogens is 8. The zero-order valence-electron chi connectivity index (χ0n) is 22.1. The van der Waals surface area contributed by atoms with Gasteiger partial charge in [0.2, 0.25) is 0 Å². The molecule has 0 radical (unpaired) electrons. The van der Waals surface area contributed by atoms with Crippen LogP contribution in [0.25, 0.3) is 91.1 Å². The van der Waals surface area contributed by atoms with Gasteiger partial charge < -0.3 is 9.97 Å². The lowest BCUT2D eigenvalue weighted by atomic mass is 10.1. The molecule has 2 N–H and O–H groups in total. The molecule has 41 heavy (non-hydrogen) atoms. The van der Waals surface area contributed by atoms with Crippen LogP contribution in [0.5, 0.6) is 0 Å². The van der Waals surface area contributed by atoms with E-state index in [0.29, 0.717) is 45.9 Å². The summed E-state index contributed by atoms with van der Waals surface area (Å²) in [4.78, 5) is 36.7. The number of rotatable bonds is 2.